The van der Waals surface area contributed by atoms with Crippen LogP contribution < -0.4 is 10.6 Å². The number of fused-ring (bicyclic) bond motifs is 1. The van der Waals surface area contributed by atoms with Crippen molar-refractivity contribution in [3.8, 4) is 0 Å². The lowest BCUT2D eigenvalue weighted by Gasteiger charge is -2.09. The third-order valence-corrected chi connectivity index (χ3v) is 5.24. The Morgan fingerprint density at radius 3 is 2.52 bits per heavy atom. The summed E-state index contributed by atoms with van der Waals surface area (Å²) >= 11 is 1.28. The van der Waals surface area contributed by atoms with Gasteiger partial charge in [0.2, 0.25) is 0 Å². The number of aromatic nitrogens is 1. The summed E-state index contributed by atoms with van der Waals surface area (Å²) in [5, 5.41) is 6.51. The number of rotatable bonds is 5. The minimum absolute atomic E-state index is 0.255. The summed E-state index contributed by atoms with van der Waals surface area (Å²) in [7, 11) is 0. The van der Waals surface area contributed by atoms with Gasteiger partial charge in [0.05, 0.1) is 5.69 Å². The lowest BCUT2D eigenvalue weighted by atomic mass is 10.1. The average molecular weight is 379 g/mol. The summed E-state index contributed by atoms with van der Waals surface area (Å²) in [4.78, 5) is 31.1. The fraction of sp³-hybridized carbons (Fsp3) is 0.190. The van der Waals surface area contributed by atoms with Gasteiger partial charge in [-0.05, 0) is 44.5 Å². The van der Waals surface area contributed by atoms with E-state index >= 15 is 0 Å². The van der Waals surface area contributed by atoms with Crippen LogP contribution in [-0.4, -0.2) is 23.3 Å². The van der Waals surface area contributed by atoms with E-state index in [0.717, 1.165) is 27.0 Å². The Labute approximate surface area is 162 Å². The van der Waals surface area contributed by atoms with Crippen LogP contribution in [-0.2, 0) is 0 Å². The first-order chi connectivity index (χ1) is 12.9. The topological polar surface area (TPSA) is 71.1 Å². The molecule has 0 atom stereocenters. The van der Waals surface area contributed by atoms with E-state index in [1.54, 1.807) is 18.2 Å². The van der Waals surface area contributed by atoms with Crippen LogP contribution in [0.2, 0.25) is 0 Å². The Morgan fingerprint density at radius 2 is 1.85 bits per heavy atom. The molecule has 0 saturated heterocycles. The van der Waals surface area contributed by atoms with Gasteiger partial charge in [-0.25, -0.2) is 4.98 Å². The fourth-order valence-electron chi connectivity index (χ4n) is 2.86. The molecule has 0 unspecified atom stereocenters. The zero-order chi connectivity index (χ0) is 19.6. The summed E-state index contributed by atoms with van der Waals surface area (Å²) in [6.45, 7) is 9.80. The van der Waals surface area contributed by atoms with Crippen LogP contribution in [0.25, 0.3) is 10.2 Å². The summed E-state index contributed by atoms with van der Waals surface area (Å²) < 4.78 is 0. The molecule has 138 valence electrons. The number of benzene rings is 1. The van der Waals surface area contributed by atoms with Gasteiger partial charge in [-0.1, -0.05) is 23.8 Å². The molecule has 0 aliphatic carbocycles. The number of hydrogen-bond donors (Lipinski definition) is 2. The first-order valence-electron chi connectivity index (χ1n) is 8.58. The Hall–Kier alpha value is -2.99. The number of carbonyl (C=O) groups excluding carboxylic acids is 2. The van der Waals surface area contributed by atoms with Crippen molar-refractivity contribution >= 4 is 39.1 Å². The summed E-state index contributed by atoms with van der Waals surface area (Å²) in [6.07, 6.45) is 1.61. The molecule has 6 heteroatoms. The molecule has 0 aliphatic rings. The van der Waals surface area contributed by atoms with Crippen molar-refractivity contribution in [2.45, 2.75) is 20.8 Å². The van der Waals surface area contributed by atoms with Crippen LogP contribution in [0.1, 0.15) is 36.9 Å². The number of aryl methyl sites for hydroxylation is 3. The number of nitrogens with one attached hydrogen (secondary N) is 2. The molecular formula is C21H21N3O2S. The molecule has 3 aromatic rings. The lowest BCUT2D eigenvalue weighted by molar-refractivity contribution is 0.0963. The molecule has 0 saturated carbocycles. The van der Waals surface area contributed by atoms with Gasteiger partial charge >= 0.3 is 0 Å². The van der Waals surface area contributed by atoms with Gasteiger partial charge in [-0.2, -0.15) is 0 Å². The van der Waals surface area contributed by atoms with Crippen LogP contribution in [0.5, 0.6) is 0 Å². The number of amides is 2. The Morgan fingerprint density at radius 1 is 1.15 bits per heavy atom. The van der Waals surface area contributed by atoms with Crippen LogP contribution in [0, 0.1) is 20.8 Å². The smallest absolute Gasteiger partial charge is 0.263 e. The van der Waals surface area contributed by atoms with Crippen molar-refractivity contribution in [3.63, 3.8) is 0 Å². The van der Waals surface area contributed by atoms with E-state index in [2.05, 4.69) is 22.2 Å². The number of hydrogen-bond acceptors (Lipinski definition) is 4. The van der Waals surface area contributed by atoms with Gasteiger partial charge in [0.25, 0.3) is 11.8 Å². The van der Waals surface area contributed by atoms with Crippen LogP contribution in [0.4, 0.5) is 5.69 Å². The Balaban J connectivity index is 2.07. The van der Waals surface area contributed by atoms with Crippen molar-refractivity contribution in [3.05, 3.63) is 70.2 Å². The second kappa shape index (κ2) is 7.72. The van der Waals surface area contributed by atoms with Crippen LogP contribution >= 0.6 is 11.3 Å². The SMILES string of the molecule is C=CCNC(=O)c1sc2nc(C)cc(C)c2c1NC(=O)c1ccc(C)cc1. The fourth-order valence-corrected chi connectivity index (χ4v) is 4.02. The van der Waals surface area contributed by atoms with E-state index < -0.39 is 0 Å². The zero-order valence-corrected chi connectivity index (χ0v) is 16.4. The second-order valence-electron chi connectivity index (χ2n) is 6.39. The molecule has 2 heterocycles. The van der Waals surface area contributed by atoms with E-state index in [1.165, 1.54) is 11.3 Å². The molecule has 1 aromatic carbocycles. The summed E-state index contributed by atoms with van der Waals surface area (Å²) in [5.41, 5.74) is 3.96. The normalized spacial score (nSPS) is 10.6. The maximum Gasteiger partial charge on any atom is 0.263 e. The molecule has 2 N–H and O–H groups in total. The van der Waals surface area contributed by atoms with Gasteiger partial charge in [0.1, 0.15) is 9.71 Å². The highest BCUT2D eigenvalue weighted by atomic mass is 32.1. The molecule has 0 fully saturated rings. The Bertz CT molecular complexity index is 1040. The molecule has 2 aromatic heterocycles. The molecule has 0 spiro atoms. The first kappa shape index (κ1) is 18.8. The molecule has 2 amide bonds. The number of anilines is 1. The molecule has 0 bridgehead atoms. The minimum atomic E-state index is -0.257. The van der Waals surface area contributed by atoms with Crippen LogP contribution in [0.3, 0.4) is 0 Å². The number of carbonyl (C=O) groups is 2. The monoisotopic (exact) mass is 379 g/mol. The zero-order valence-electron chi connectivity index (χ0n) is 15.6. The summed E-state index contributed by atoms with van der Waals surface area (Å²) in [5.74, 6) is -0.512. The van der Waals surface area contributed by atoms with E-state index in [4.69, 9.17) is 0 Å². The van der Waals surface area contributed by atoms with Crippen molar-refractivity contribution < 1.29 is 9.59 Å². The predicted molar refractivity (Wildman–Crippen MR) is 111 cm³/mol. The highest BCUT2D eigenvalue weighted by molar-refractivity contribution is 7.21. The van der Waals surface area contributed by atoms with E-state index in [-0.39, 0.29) is 11.8 Å². The molecule has 0 aliphatic heterocycles. The van der Waals surface area contributed by atoms with Crippen LogP contribution in [0.15, 0.2) is 43.0 Å². The minimum Gasteiger partial charge on any atom is -0.348 e. The average Bonchev–Trinajstić information content (AvgIpc) is 2.98. The first-order valence-corrected chi connectivity index (χ1v) is 9.40. The number of nitrogens with zero attached hydrogens (tertiary/aromatic N) is 1. The highest BCUT2D eigenvalue weighted by Crippen LogP contribution is 2.37. The standard InChI is InChI=1S/C21H21N3O2S/c1-5-10-22-20(26)18-17(16-13(3)11-14(4)23-21(16)27-18)24-19(25)15-8-6-12(2)7-9-15/h5-9,11H,1,10H2,2-4H3,(H,22,26)(H,24,25). The largest absolute Gasteiger partial charge is 0.348 e. The molecule has 3 rings (SSSR count). The highest BCUT2D eigenvalue weighted by Gasteiger charge is 2.22. The van der Waals surface area contributed by atoms with E-state index in [1.807, 2.05) is 39.0 Å². The molecule has 5 nitrogen and oxygen atoms in total. The third-order valence-electron chi connectivity index (χ3n) is 4.15. The van der Waals surface area contributed by atoms with Crippen molar-refractivity contribution in [1.82, 2.24) is 10.3 Å². The van der Waals surface area contributed by atoms with Crippen molar-refractivity contribution in [2.24, 2.45) is 0 Å². The predicted octanol–water partition coefficient (Wildman–Crippen LogP) is 4.39. The van der Waals surface area contributed by atoms with Gasteiger partial charge in [-0.15, -0.1) is 17.9 Å². The second-order valence-corrected chi connectivity index (χ2v) is 7.38. The Kier molecular flexibility index (Phi) is 5.37. The quantitative estimate of drug-likeness (QED) is 0.646. The van der Waals surface area contributed by atoms with Gasteiger partial charge in [0, 0.05) is 23.2 Å². The van der Waals surface area contributed by atoms with E-state index in [9.17, 15) is 9.59 Å². The maximum absolute atomic E-state index is 12.8. The molecule has 0 radical (unpaired) electrons. The number of pyridine rings is 1. The van der Waals surface area contributed by atoms with Crippen molar-refractivity contribution in [2.75, 3.05) is 11.9 Å². The molecular weight excluding hydrogens is 358 g/mol. The number of thiophene rings is 1. The van der Waals surface area contributed by atoms with Gasteiger partial charge in [-0.3, -0.25) is 9.59 Å². The van der Waals surface area contributed by atoms with Gasteiger partial charge < -0.3 is 10.6 Å². The summed E-state index contributed by atoms with van der Waals surface area (Å²) in [6, 6.07) is 9.25. The van der Waals surface area contributed by atoms with Gasteiger partial charge in [0.15, 0.2) is 0 Å². The van der Waals surface area contributed by atoms with Crippen molar-refractivity contribution in [1.29, 1.82) is 0 Å². The maximum atomic E-state index is 12.8. The van der Waals surface area contributed by atoms with E-state index in [0.29, 0.717) is 22.7 Å². The third kappa shape index (κ3) is 3.90. The lowest BCUT2D eigenvalue weighted by Crippen LogP contribution is -2.24. The molecule has 27 heavy (non-hydrogen) atoms.